The molecule has 1 saturated heterocycles. The van der Waals surface area contributed by atoms with Crippen molar-refractivity contribution in [2.75, 3.05) is 13.2 Å². The second kappa shape index (κ2) is 10.2. The van der Waals surface area contributed by atoms with Crippen LogP contribution in [0.25, 0.3) is 0 Å². The monoisotopic (exact) mass is 391 g/mol. The third-order valence-corrected chi connectivity index (χ3v) is 5.69. The van der Waals surface area contributed by atoms with Gasteiger partial charge in [-0.25, -0.2) is 4.39 Å². The Morgan fingerprint density at radius 1 is 1.11 bits per heavy atom. The first-order chi connectivity index (χ1) is 12.6. The first-order valence-electron chi connectivity index (χ1n) is 9.72. The Morgan fingerprint density at radius 3 is 2.52 bits per heavy atom. The first kappa shape index (κ1) is 21.9. The fourth-order valence-corrected chi connectivity index (χ4v) is 4.00. The molecule has 2 unspecified atom stereocenters. The Morgan fingerprint density at radius 2 is 1.81 bits per heavy atom. The van der Waals surface area contributed by atoms with Crippen LogP contribution in [0.15, 0.2) is 54.6 Å². The van der Waals surface area contributed by atoms with Gasteiger partial charge in [0.25, 0.3) is 0 Å². The summed E-state index contributed by atoms with van der Waals surface area (Å²) in [6.07, 6.45) is 3.44. The van der Waals surface area contributed by atoms with Crippen LogP contribution in [0.3, 0.4) is 0 Å². The SMILES string of the molecule is CC(C)C1CC(CCNCc2ccccc2F)(c2ccccc2)CCO1.Cl. The number of hydrogen-bond donors (Lipinski definition) is 1. The minimum Gasteiger partial charge on any atom is -0.378 e. The molecule has 0 amide bonds. The van der Waals surface area contributed by atoms with Crippen LogP contribution in [0.1, 0.15) is 44.2 Å². The van der Waals surface area contributed by atoms with E-state index in [4.69, 9.17) is 4.74 Å². The van der Waals surface area contributed by atoms with Crippen LogP contribution >= 0.6 is 12.4 Å². The van der Waals surface area contributed by atoms with Crippen LogP contribution in [0, 0.1) is 11.7 Å². The number of nitrogens with one attached hydrogen (secondary N) is 1. The summed E-state index contributed by atoms with van der Waals surface area (Å²) < 4.78 is 19.8. The van der Waals surface area contributed by atoms with Gasteiger partial charge in [0.05, 0.1) is 6.10 Å². The van der Waals surface area contributed by atoms with Gasteiger partial charge in [-0.15, -0.1) is 12.4 Å². The molecular weight excluding hydrogens is 361 g/mol. The number of rotatable bonds is 7. The molecule has 0 spiro atoms. The van der Waals surface area contributed by atoms with Crippen molar-refractivity contribution in [3.8, 4) is 0 Å². The van der Waals surface area contributed by atoms with E-state index < -0.39 is 0 Å². The van der Waals surface area contributed by atoms with E-state index in [9.17, 15) is 4.39 Å². The second-order valence-corrected chi connectivity index (χ2v) is 7.77. The summed E-state index contributed by atoms with van der Waals surface area (Å²) >= 11 is 0. The summed E-state index contributed by atoms with van der Waals surface area (Å²) in [5.41, 5.74) is 2.27. The summed E-state index contributed by atoms with van der Waals surface area (Å²) in [7, 11) is 0. The molecule has 1 fully saturated rings. The smallest absolute Gasteiger partial charge is 0.127 e. The zero-order chi connectivity index (χ0) is 18.4. The fourth-order valence-electron chi connectivity index (χ4n) is 4.00. The molecular formula is C23H31ClFNO. The van der Waals surface area contributed by atoms with Gasteiger partial charge in [0.1, 0.15) is 5.82 Å². The van der Waals surface area contributed by atoms with Gasteiger partial charge in [-0.3, -0.25) is 0 Å². The largest absolute Gasteiger partial charge is 0.378 e. The molecule has 2 atom stereocenters. The zero-order valence-corrected chi connectivity index (χ0v) is 17.1. The Labute approximate surface area is 168 Å². The molecule has 27 heavy (non-hydrogen) atoms. The highest BCUT2D eigenvalue weighted by molar-refractivity contribution is 5.85. The zero-order valence-electron chi connectivity index (χ0n) is 16.3. The Bertz CT molecular complexity index is 694. The van der Waals surface area contributed by atoms with Crippen LogP contribution in [-0.4, -0.2) is 19.3 Å². The summed E-state index contributed by atoms with van der Waals surface area (Å²) in [6.45, 7) is 6.73. The lowest BCUT2D eigenvalue weighted by Crippen LogP contribution is -2.42. The van der Waals surface area contributed by atoms with Gasteiger partial charge in [-0.1, -0.05) is 62.4 Å². The van der Waals surface area contributed by atoms with Crippen LogP contribution in [0.2, 0.25) is 0 Å². The average molecular weight is 392 g/mol. The molecule has 0 radical (unpaired) electrons. The molecule has 148 valence electrons. The molecule has 0 aliphatic carbocycles. The molecule has 3 rings (SSSR count). The van der Waals surface area contributed by atoms with E-state index in [1.807, 2.05) is 12.1 Å². The highest BCUT2D eigenvalue weighted by Gasteiger charge is 2.38. The maximum atomic E-state index is 13.8. The fraction of sp³-hybridized carbons (Fsp3) is 0.478. The highest BCUT2D eigenvalue weighted by Crippen LogP contribution is 2.41. The molecule has 1 aliphatic heterocycles. The third kappa shape index (κ3) is 5.54. The van der Waals surface area contributed by atoms with Crippen molar-refractivity contribution < 1.29 is 9.13 Å². The molecule has 4 heteroatoms. The number of halogens is 2. The molecule has 1 N–H and O–H groups in total. The molecule has 0 aromatic heterocycles. The Balaban J connectivity index is 0.00000261. The quantitative estimate of drug-likeness (QED) is 0.629. The maximum Gasteiger partial charge on any atom is 0.127 e. The van der Waals surface area contributed by atoms with Gasteiger partial charge in [0, 0.05) is 24.1 Å². The van der Waals surface area contributed by atoms with Crippen molar-refractivity contribution >= 4 is 12.4 Å². The van der Waals surface area contributed by atoms with Crippen molar-refractivity contribution in [3.05, 3.63) is 71.5 Å². The van der Waals surface area contributed by atoms with Gasteiger partial charge in [0.15, 0.2) is 0 Å². The van der Waals surface area contributed by atoms with E-state index in [0.29, 0.717) is 18.6 Å². The topological polar surface area (TPSA) is 21.3 Å². The number of hydrogen-bond acceptors (Lipinski definition) is 2. The van der Waals surface area contributed by atoms with E-state index in [-0.39, 0.29) is 23.6 Å². The lowest BCUT2D eigenvalue weighted by molar-refractivity contribution is -0.0469. The molecule has 2 nitrogen and oxygen atoms in total. The minimum absolute atomic E-state index is 0. The van der Waals surface area contributed by atoms with Crippen molar-refractivity contribution in [1.82, 2.24) is 5.32 Å². The maximum absolute atomic E-state index is 13.8. The Hall–Kier alpha value is -1.42. The summed E-state index contributed by atoms with van der Waals surface area (Å²) in [5, 5.41) is 3.45. The molecule has 0 saturated carbocycles. The summed E-state index contributed by atoms with van der Waals surface area (Å²) in [4.78, 5) is 0. The van der Waals surface area contributed by atoms with Crippen molar-refractivity contribution in [3.63, 3.8) is 0 Å². The van der Waals surface area contributed by atoms with E-state index in [1.165, 1.54) is 11.6 Å². The number of benzene rings is 2. The van der Waals surface area contributed by atoms with Gasteiger partial charge >= 0.3 is 0 Å². The van der Waals surface area contributed by atoms with Gasteiger partial charge in [-0.2, -0.15) is 0 Å². The average Bonchev–Trinajstić information content (AvgIpc) is 2.67. The van der Waals surface area contributed by atoms with Crippen LogP contribution in [0.4, 0.5) is 4.39 Å². The predicted octanol–water partition coefficient (Wildman–Crippen LogP) is 5.50. The lowest BCUT2D eigenvalue weighted by Gasteiger charge is -2.43. The summed E-state index contributed by atoms with van der Waals surface area (Å²) in [5.74, 6) is 0.383. The third-order valence-electron chi connectivity index (χ3n) is 5.69. The van der Waals surface area contributed by atoms with E-state index >= 15 is 0 Å². The van der Waals surface area contributed by atoms with Gasteiger partial charge < -0.3 is 10.1 Å². The van der Waals surface area contributed by atoms with Crippen LogP contribution in [-0.2, 0) is 16.7 Å². The van der Waals surface area contributed by atoms with Crippen LogP contribution in [0.5, 0.6) is 0 Å². The van der Waals surface area contributed by atoms with Crippen LogP contribution < -0.4 is 5.32 Å². The molecule has 2 aromatic rings. The van der Waals surface area contributed by atoms with E-state index in [1.54, 1.807) is 6.07 Å². The van der Waals surface area contributed by atoms with E-state index in [0.717, 1.165) is 38.0 Å². The predicted molar refractivity (Wildman–Crippen MR) is 112 cm³/mol. The van der Waals surface area contributed by atoms with Gasteiger partial charge in [0.2, 0.25) is 0 Å². The highest BCUT2D eigenvalue weighted by atomic mass is 35.5. The van der Waals surface area contributed by atoms with E-state index in [2.05, 4.69) is 49.5 Å². The lowest BCUT2D eigenvalue weighted by atomic mass is 9.68. The molecule has 0 bridgehead atoms. The molecule has 2 aromatic carbocycles. The first-order valence-corrected chi connectivity index (χ1v) is 9.72. The Kier molecular flexibility index (Phi) is 8.28. The van der Waals surface area contributed by atoms with Gasteiger partial charge in [-0.05, 0) is 43.4 Å². The normalized spacial score (nSPS) is 22.4. The van der Waals surface area contributed by atoms with Crippen molar-refractivity contribution in [2.45, 2.75) is 51.2 Å². The number of ether oxygens (including phenoxy) is 1. The van der Waals surface area contributed by atoms with Crippen molar-refractivity contribution in [2.24, 2.45) is 5.92 Å². The van der Waals surface area contributed by atoms with Crippen molar-refractivity contribution in [1.29, 1.82) is 0 Å². The minimum atomic E-state index is -0.135. The summed E-state index contributed by atoms with van der Waals surface area (Å²) in [6, 6.07) is 17.8. The standard InChI is InChI=1S/C23H30FNO.ClH/c1-18(2)22-16-23(13-15-26-22,20-9-4-3-5-10-20)12-14-25-17-19-8-6-7-11-21(19)24;/h3-11,18,22,25H,12-17H2,1-2H3;1H. The second-order valence-electron chi connectivity index (χ2n) is 7.77. The molecule has 1 aliphatic rings. The molecule has 1 heterocycles.